The molecule has 0 unspecified atom stereocenters. The average molecular weight is 322 g/mol. The number of nitrogens with zero attached hydrogens (tertiary/aromatic N) is 1. The van der Waals surface area contributed by atoms with Gasteiger partial charge in [-0.25, -0.2) is 0 Å². The summed E-state index contributed by atoms with van der Waals surface area (Å²) in [7, 11) is 0. The standard InChI is InChI=1S/C16H13Cl2NO2/c17-12-7-13(18)15(14(20)8-12)16(21)19-6-5-10-3-1-2-4-11(10)9-19/h1-4,7-8,20H,5-6,9H2. The number of amides is 1. The Morgan fingerprint density at radius 3 is 2.57 bits per heavy atom. The molecule has 108 valence electrons. The highest BCUT2D eigenvalue weighted by Crippen LogP contribution is 2.32. The van der Waals surface area contributed by atoms with Gasteiger partial charge in [0.15, 0.2) is 0 Å². The fraction of sp³-hybridized carbons (Fsp3) is 0.188. The van der Waals surface area contributed by atoms with Crippen LogP contribution in [0.2, 0.25) is 10.0 Å². The Hall–Kier alpha value is -1.71. The molecule has 0 radical (unpaired) electrons. The minimum absolute atomic E-state index is 0.112. The van der Waals surface area contributed by atoms with Crippen LogP contribution in [0.5, 0.6) is 5.75 Å². The van der Waals surface area contributed by atoms with Gasteiger partial charge in [-0.1, -0.05) is 47.5 Å². The summed E-state index contributed by atoms with van der Waals surface area (Å²) < 4.78 is 0. The summed E-state index contributed by atoms with van der Waals surface area (Å²) in [4.78, 5) is 14.3. The lowest BCUT2D eigenvalue weighted by Crippen LogP contribution is -2.36. The van der Waals surface area contributed by atoms with Crippen LogP contribution in [0.1, 0.15) is 21.5 Å². The van der Waals surface area contributed by atoms with Gasteiger partial charge in [-0.2, -0.15) is 0 Å². The zero-order valence-electron chi connectivity index (χ0n) is 11.1. The molecular weight excluding hydrogens is 309 g/mol. The van der Waals surface area contributed by atoms with Crippen molar-refractivity contribution in [1.29, 1.82) is 0 Å². The van der Waals surface area contributed by atoms with Gasteiger partial charge in [0.25, 0.3) is 5.91 Å². The molecule has 0 saturated heterocycles. The third kappa shape index (κ3) is 2.71. The summed E-state index contributed by atoms with van der Waals surface area (Å²) in [5.74, 6) is -0.458. The van der Waals surface area contributed by atoms with Crippen molar-refractivity contribution < 1.29 is 9.90 Å². The molecule has 2 aromatic carbocycles. The molecule has 0 fully saturated rings. The number of carbonyl (C=O) groups is 1. The Morgan fingerprint density at radius 2 is 1.86 bits per heavy atom. The first-order valence-corrected chi connectivity index (χ1v) is 7.36. The van der Waals surface area contributed by atoms with Gasteiger partial charge < -0.3 is 10.0 Å². The molecule has 1 aliphatic heterocycles. The molecule has 1 N–H and O–H groups in total. The molecular formula is C16H13Cl2NO2. The molecule has 0 aliphatic carbocycles. The topological polar surface area (TPSA) is 40.5 Å². The Bertz CT molecular complexity index is 692. The van der Waals surface area contributed by atoms with E-state index in [9.17, 15) is 9.90 Å². The van der Waals surface area contributed by atoms with E-state index in [-0.39, 0.29) is 22.2 Å². The number of phenolic OH excluding ortho intramolecular Hbond substituents is 1. The highest BCUT2D eigenvalue weighted by atomic mass is 35.5. The van der Waals surface area contributed by atoms with Gasteiger partial charge in [0, 0.05) is 18.1 Å². The molecule has 1 heterocycles. The van der Waals surface area contributed by atoms with Crippen LogP contribution in [-0.2, 0) is 13.0 Å². The molecule has 3 nitrogen and oxygen atoms in total. The summed E-state index contributed by atoms with van der Waals surface area (Å²) >= 11 is 11.9. The van der Waals surface area contributed by atoms with E-state index < -0.39 is 0 Å². The van der Waals surface area contributed by atoms with Crippen molar-refractivity contribution >= 4 is 29.1 Å². The van der Waals surface area contributed by atoms with Crippen LogP contribution >= 0.6 is 23.2 Å². The third-order valence-corrected chi connectivity index (χ3v) is 4.18. The lowest BCUT2D eigenvalue weighted by atomic mass is 9.99. The highest BCUT2D eigenvalue weighted by Gasteiger charge is 2.25. The van der Waals surface area contributed by atoms with E-state index in [0.717, 1.165) is 12.0 Å². The molecule has 0 bridgehead atoms. The number of aromatic hydroxyl groups is 1. The number of hydrogen-bond acceptors (Lipinski definition) is 2. The summed E-state index contributed by atoms with van der Waals surface area (Å²) in [5.41, 5.74) is 2.50. The highest BCUT2D eigenvalue weighted by molar-refractivity contribution is 6.37. The van der Waals surface area contributed by atoms with Crippen molar-refractivity contribution in [3.63, 3.8) is 0 Å². The fourth-order valence-corrected chi connectivity index (χ4v) is 3.16. The summed E-state index contributed by atoms with van der Waals surface area (Å²) in [6.45, 7) is 1.13. The normalized spacial score (nSPS) is 13.9. The Kier molecular flexibility index (Phi) is 3.79. The molecule has 3 rings (SSSR count). The quantitative estimate of drug-likeness (QED) is 0.865. The zero-order valence-corrected chi connectivity index (χ0v) is 12.7. The summed E-state index contributed by atoms with van der Waals surface area (Å²) in [5, 5.41) is 10.4. The molecule has 0 atom stereocenters. The Balaban J connectivity index is 1.91. The van der Waals surface area contributed by atoms with Gasteiger partial charge in [0.2, 0.25) is 0 Å². The first-order chi connectivity index (χ1) is 10.1. The first kappa shape index (κ1) is 14.2. The van der Waals surface area contributed by atoms with E-state index in [4.69, 9.17) is 23.2 Å². The van der Waals surface area contributed by atoms with Gasteiger partial charge in [0.1, 0.15) is 5.75 Å². The molecule has 0 aromatic heterocycles. The van der Waals surface area contributed by atoms with Gasteiger partial charge in [-0.15, -0.1) is 0 Å². The third-order valence-electron chi connectivity index (χ3n) is 3.67. The van der Waals surface area contributed by atoms with Crippen LogP contribution in [0.15, 0.2) is 36.4 Å². The monoisotopic (exact) mass is 321 g/mol. The predicted octanol–water partition coefficient (Wildman–Crippen LogP) is 3.90. The molecule has 21 heavy (non-hydrogen) atoms. The number of benzene rings is 2. The van der Waals surface area contributed by atoms with Crippen LogP contribution in [-0.4, -0.2) is 22.5 Å². The van der Waals surface area contributed by atoms with E-state index >= 15 is 0 Å². The van der Waals surface area contributed by atoms with E-state index in [1.807, 2.05) is 18.2 Å². The van der Waals surface area contributed by atoms with Crippen molar-refractivity contribution in [2.45, 2.75) is 13.0 Å². The summed E-state index contributed by atoms with van der Waals surface area (Å²) in [6.07, 6.45) is 0.799. The largest absolute Gasteiger partial charge is 0.507 e. The summed E-state index contributed by atoms with van der Waals surface area (Å²) in [6, 6.07) is 10.8. The molecule has 1 aliphatic rings. The maximum Gasteiger partial charge on any atom is 0.259 e. The smallest absolute Gasteiger partial charge is 0.259 e. The molecule has 5 heteroatoms. The molecule has 2 aromatic rings. The minimum atomic E-state index is -0.274. The fourth-order valence-electron chi connectivity index (χ4n) is 2.60. The van der Waals surface area contributed by atoms with Gasteiger partial charge in [-0.05, 0) is 29.7 Å². The Morgan fingerprint density at radius 1 is 1.14 bits per heavy atom. The zero-order chi connectivity index (χ0) is 15.0. The minimum Gasteiger partial charge on any atom is -0.507 e. The molecule has 0 saturated carbocycles. The van der Waals surface area contributed by atoms with Crippen molar-refractivity contribution in [3.05, 3.63) is 63.1 Å². The second-order valence-corrected chi connectivity index (χ2v) is 5.87. The van der Waals surface area contributed by atoms with Crippen molar-refractivity contribution in [3.8, 4) is 5.75 Å². The molecule has 0 spiro atoms. The predicted molar refractivity (Wildman–Crippen MR) is 83.0 cm³/mol. The van der Waals surface area contributed by atoms with Gasteiger partial charge in [0.05, 0.1) is 10.6 Å². The van der Waals surface area contributed by atoms with Crippen molar-refractivity contribution in [2.75, 3.05) is 6.54 Å². The number of carbonyl (C=O) groups excluding carboxylic acids is 1. The second-order valence-electron chi connectivity index (χ2n) is 5.03. The second kappa shape index (κ2) is 5.58. The number of rotatable bonds is 1. The number of hydrogen-bond donors (Lipinski definition) is 1. The van der Waals surface area contributed by atoms with Gasteiger partial charge in [-0.3, -0.25) is 4.79 Å². The van der Waals surface area contributed by atoms with Crippen molar-refractivity contribution in [2.24, 2.45) is 0 Å². The van der Waals surface area contributed by atoms with E-state index in [1.54, 1.807) is 4.90 Å². The van der Waals surface area contributed by atoms with E-state index in [1.165, 1.54) is 17.7 Å². The van der Waals surface area contributed by atoms with E-state index in [0.29, 0.717) is 18.1 Å². The maximum absolute atomic E-state index is 12.6. The van der Waals surface area contributed by atoms with Crippen LogP contribution in [0.25, 0.3) is 0 Å². The van der Waals surface area contributed by atoms with Crippen molar-refractivity contribution in [1.82, 2.24) is 4.90 Å². The maximum atomic E-state index is 12.6. The number of phenols is 1. The number of fused-ring (bicyclic) bond motifs is 1. The van der Waals surface area contributed by atoms with Gasteiger partial charge >= 0.3 is 0 Å². The van der Waals surface area contributed by atoms with Crippen LogP contribution in [0, 0.1) is 0 Å². The lowest BCUT2D eigenvalue weighted by Gasteiger charge is -2.29. The first-order valence-electron chi connectivity index (χ1n) is 6.60. The molecule has 1 amide bonds. The van der Waals surface area contributed by atoms with E-state index in [2.05, 4.69) is 6.07 Å². The average Bonchev–Trinajstić information content (AvgIpc) is 2.45. The SMILES string of the molecule is O=C(c1c(O)cc(Cl)cc1Cl)N1CCc2ccccc2C1. The van der Waals surface area contributed by atoms with Crippen LogP contribution in [0.4, 0.5) is 0 Å². The number of halogens is 2. The Labute approximate surface area is 132 Å². The lowest BCUT2D eigenvalue weighted by molar-refractivity contribution is 0.0732. The van der Waals surface area contributed by atoms with Crippen LogP contribution in [0.3, 0.4) is 0 Å². The van der Waals surface area contributed by atoms with Crippen LogP contribution < -0.4 is 0 Å².